The number of rotatable bonds is 2. The first kappa shape index (κ1) is 14.8. The highest BCUT2D eigenvalue weighted by Crippen LogP contribution is 2.17. The normalized spacial score (nSPS) is 20.3. The number of carbonyl (C=O) groups is 1. The highest BCUT2D eigenvalue weighted by Gasteiger charge is 2.25. The number of hydrazine groups is 1. The van der Waals surface area contributed by atoms with E-state index < -0.39 is 11.2 Å². The maximum Gasteiger partial charge on any atom is 0.243 e. The predicted octanol–water partition coefficient (Wildman–Crippen LogP) is 0.607. The van der Waals surface area contributed by atoms with Gasteiger partial charge in [0.05, 0.1) is 24.6 Å². The fourth-order valence-electron chi connectivity index (χ4n) is 1.16. The molecule has 0 atom stereocenters. The summed E-state index contributed by atoms with van der Waals surface area (Å²) in [5, 5.41) is 0. The van der Waals surface area contributed by atoms with Crippen LogP contribution in [0, 0.1) is 5.41 Å². The molecule has 4 N–H and O–H groups in total. The van der Waals surface area contributed by atoms with Gasteiger partial charge in [-0.15, -0.1) is 0 Å². The second kappa shape index (κ2) is 5.16. The number of hydrogen-bond donors (Lipinski definition) is 3. The van der Waals surface area contributed by atoms with Crippen LogP contribution >= 0.6 is 0 Å². The Morgan fingerprint density at radius 1 is 1.28 bits per heavy atom. The lowest BCUT2D eigenvalue weighted by atomic mass is 9.96. The monoisotopic (exact) mass is 257 g/mol. The third kappa shape index (κ3) is 4.19. The van der Waals surface area contributed by atoms with E-state index in [1.54, 1.807) is 0 Å². The zero-order valence-electron chi connectivity index (χ0n) is 11.7. The molecule has 0 aliphatic carbocycles. The van der Waals surface area contributed by atoms with E-state index in [-0.39, 0.29) is 19.1 Å². The maximum absolute atomic E-state index is 11.7. The zero-order chi connectivity index (χ0) is 14.0. The minimum absolute atomic E-state index is 0.118. The lowest BCUT2D eigenvalue weighted by molar-refractivity contribution is -0.198. The number of hydrogen-bond acceptors (Lipinski definition) is 5. The molecule has 0 saturated carbocycles. The van der Waals surface area contributed by atoms with Crippen molar-refractivity contribution in [2.75, 3.05) is 13.2 Å². The van der Waals surface area contributed by atoms with E-state index in [2.05, 4.69) is 10.9 Å². The van der Waals surface area contributed by atoms with E-state index in [4.69, 9.17) is 15.2 Å². The second-order valence-electron chi connectivity index (χ2n) is 5.81. The summed E-state index contributed by atoms with van der Waals surface area (Å²) in [5.74, 6) is -0.797. The van der Waals surface area contributed by atoms with E-state index in [0.29, 0.717) is 11.4 Å². The molecule has 18 heavy (non-hydrogen) atoms. The van der Waals surface area contributed by atoms with E-state index in [0.717, 1.165) is 0 Å². The molecule has 0 aromatic rings. The van der Waals surface area contributed by atoms with Gasteiger partial charge < -0.3 is 15.2 Å². The first-order valence-electron chi connectivity index (χ1n) is 5.94. The third-order valence-corrected chi connectivity index (χ3v) is 2.54. The van der Waals surface area contributed by atoms with Crippen LogP contribution in [0.15, 0.2) is 11.4 Å². The van der Waals surface area contributed by atoms with Crippen LogP contribution in [0.25, 0.3) is 0 Å². The van der Waals surface area contributed by atoms with Crippen molar-refractivity contribution in [3.05, 3.63) is 11.4 Å². The number of nitrogens with one attached hydrogen (secondary N) is 2. The van der Waals surface area contributed by atoms with E-state index >= 15 is 0 Å². The van der Waals surface area contributed by atoms with Crippen molar-refractivity contribution in [2.24, 2.45) is 11.1 Å². The van der Waals surface area contributed by atoms with Crippen molar-refractivity contribution < 1.29 is 14.3 Å². The molecule has 0 unspecified atom stereocenters. The van der Waals surface area contributed by atoms with Gasteiger partial charge in [-0.1, -0.05) is 20.8 Å². The van der Waals surface area contributed by atoms with Gasteiger partial charge in [0.2, 0.25) is 5.91 Å². The smallest absolute Gasteiger partial charge is 0.243 e. The van der Waals surface area contributed by atoms with Gasteiger partial charge in [-0.3, -0.25) is 15.6 Å². The minimum atomic E-state index is -0.678. The predicted molar refractivity (Wildman–Crippen MR) is 67.9 cm³/mol. The fraction of sp³-hybridized carbons (Fsp3) is 0.750. The quantitative estimate of drug-likeness (QED) is 0.631. The Hall–Kier alpha value is -1.27. The van der Waals surface area contributed by atoms with Crippen LogP contribution < -0.4 is 16.6 Å². The van der Waals surface area contributed by atoms with Gasteiger partial charge in [0.1, 0.15) is 0 Å². The topological polar surface area (TPSA) is 85.6 Å². The molecule has 6 heteroatoms. The third-order valence-electron chi connectivity index (χ3n) is 2.54. The van der Waals surface area contributed by atoms with Crippen molar-refractivity contribution in [2.45, 2.75) is 40.4 Å². The molecule has 1 aliphatic heterocycles. The molecule has 1 aliphatic rings. The van der Waals surface area contributed by atoms with Crippen LogP contribution in [0.1, 0.15) is 34.6 Å². The van der Waals surface area contributed by atoms with E-state index in [1.807, 2.05) is 34.6 Å². The number of nitrogens with two attached hydrogens (primary N) is 1. The van der Waals surface area contributed by atoms with Crippen LogP contribution in [-0.2, 0) is 14.3 Å². The molecule has 0 fully saturated rings. The summed E-state index contributed by atoms with van der Waals surface area (Å²) in [6, 6.07) is 0. The molecular formula is C12H23N3O3. The van der Waals surface area contributed by atoms with Crippen LogP contribution in [0.3, 0.4) is 0 Å². The molecule has 0 aromatic carbocycles. The second-order valence-corrected chi connectivity index (χ2v) is 5.81. The summed E-state index contributed by atoms with van der Waals surface area (Å²) in [5.41, 5.74) is 12.0. The largest absolute Gasteiger partial charge is 0.399 e. The Labute approximate surface area is 108 Å². The maximum atomic E-state index is 11.7. The van der Waals surface area contributed by atoms with Gasteiger partial charge in [0, 0.05) is 5.41 Å². The summed E-state index contributed by atoms with van der Waals surface area (Å²) in [6.45, 7) is 9.66. The van der Waals surface area contributed by atoms with Crippen molar-refractivity contribution in [1.82, 2.24) is 10.9 Å². The number of carbonyl (C=O) groups excluding carboxylic acids is 1. The zero-order valence-corrected chi connectivity index (χ0v) is 11.7. The van der Waals surface area contributed by atoms with E-state index in [9.17, 15) is 4.79 Å². The first-order chi connectivity index (χ1) is 8.12. The van der Waals surface area contributed by atoms with Gasteiger partial charge >= 0.3 is 0 Å². The molecule has 0 bridgehead atoms. The summed E-state index contributed by atoms with van der Waals surface area (Å²) in [7, 11) is 0. The number of ether oxygens (including phenoxy) is 2. The molecule has 0 saturated heterocycles. The average Bonchev–Trinajstić information content (AvgIpc) is 2.35. The van der Waals surface area contributed by atoms with Crippen LogP contribution in [0.5, 0.6) is 0 Å². The highest BCUT2D eigenvalue weighted by molar-refractivity contribution is 5.80. The van der Waals surface area contributed by atoms with Crippen molar-refractivity contribution in [1.29, 1.82) is 0 Å². The fourth-order valence-corrected chi connectivity index (χ4v) is 1.16. The van der Waals surface area contributed by atoms with Gasteiger partial charge in [-0.25, -0.2) is 0 Å². The summed E-state index contributed by atoms with van der Waals surface area (Å²) in [4.78, 5) is 11.7. The molecule has 0 radical (unpaired) electrons. The Morgan fingerprint density at radius 2 is 1.83 bits per heavy atom. The Bertz CT molecular complexity index is 356. The molecular weight excluding hydrogens is 234 g/mol. The van der Waals surface area contributed by atoms with Crippen LogP contribution in [0.2, 0.25) is 0 Å². The SMILES string of the molecule is CC1(C)OCC(N)=C(NNC(=O)C(C)(C)C)CO1. The standard InChI is InChI=1S/C12H23N3O3/c1-11(2,3)10(16)15-14-9-7-18-12(4,5)17-6-8(9)13/h14H,6-7,13H2,1-5H3,(H,15,16). The first-order valence-corrected chi connectivity index (χ1v) is 5.94. The summed E-state index contributed by atoms with van der Waals surface area (Å²) in [6.07, 6.45) is 0. The van der Waals surface area contributed by atoms with Gasteiger partial charge in [0.25, 0.3) is 0 Å². The Balaban J connectivity index is 2.59. The van der Waals surface area contributed by atoms with Crippen molar-refractivity contribution in [3.8, 4) is 0 Å². The Kier molecular flexibility index (Phi) is 4.24. The van der Waals surface area contributed by atoms with Crippen LogP contribution in [0.4, 0.5) is 0 Å². The van der Waals surface area contributed by atoms with Gasteiger partial charge in [-0.05, 0) is 13.8 Å². The summed E-state index contributed by atoms with van der Waals surface area (Å²) >= 11 is 0. The summed E-state index contributed by atoms with van der Waals surface area (Å²) < 4.78 is 11.0. The van der Waals surface area contributed by atoms with Gasteiger partial charge in [-0.2, -0.15) is 0 Å². The Morgan fingerprint density at radius 3 is 2.39 bits per heavy atom. The lowest BCUT2D eigenvalue weighted by Gasteiger charge is -2.23. The molecule has 104 valence electrons. The van der Waals surface area contributed by atoms with Crippen molar-refractivity contribution in [3.63, 3.8) is 0 Å². The molecule has 1 amide bonds. The molecule has 1 rings (SSSR count). The van der Waals surface area contributed by atoms with E-state index in [1.165, 1.54) is 0 Å². The van der Waals surface area contributed by atoms with Crippen molar-refractivity contribution >= 4 is 5.91 Å². The van der Waals surface area contributed by atoms with Crippen LogP contribution in [-0.4, -0.2) is 24.9 Å². The van der Waals surface area contributed by atoms with Gasteiger partial charge in [0.15, 0.2) is 5.79 Å². The minimum Gasteiger partial charge on any atom is -0.399 e. The molecule has 0 spiro atoms. The molecule has 0 aromatic heterocycles. The highest BCUT2D eigenvalue weighted by atomic mass is 16.7. The number of amides is 1. The lowest BCUT2D eigenvalue weighted by Crippen LogP contribution is -2.44. The molecule has 6 nitrogen and oxygen atoms in total. The average molecular weight is 257 g/mol. The molecule has 1 heterocycles.